The number of aromatic amines is 1. The SMILES string of the molecule is O=C1COc2ccc(CNC(=O)c3nc4sc(Br)c(Br)c4c(=O)[nH]3)cc2N1. The lowest BCUT2D eigenvalue weighted by Crippen LogP contribution is -2.28. The van der Waals surface area contributed by atoms with Crippen LogP contribution in [-0.2, 0) is 11.3 Å². The maximum absolute atomic E-state index is 12.4. The summed E-state index contributed by atoms with van der Waals surface area (Å²) in [6, 6.07) is 5.23. The van der Waals surface area contributed by atoms with Gasteiger partial charge in [0.1, 0.15) is 10.6 Å². The molecule has 0 radical (unpaired) electrons. The highest BCUT2D eigenvalue weighted by Crippen LogP contribution is 2.36. The molecule has 27 heavy (non-hydrogen) atoms. The Morgan fingerprint density at radius 2 is 2.15 bits per heavy atom. The van der Waals surface area contributed by atoms with E-state index in [1.54, 1.807) is 18.2 Å². The standard InChI is InChI=1S/C16H10Br2N4O4S/c17-11-10-14(24)21-13(22-16(10)27-12(11)18)15(25)19-4-6-1-2-8-7(3-6)20-9(23)5-26-8/h1-3H,4-5H2,(H,19,25)(H,20,23)(H,21,22,24). The molecule has 0 bridgehead atoms. The molecule has 0 fully saturated rings. The largest absolute Gasteiger partial charge is 0.482 e. The van der Waals surface area contributed by atoms with Gasteiger partial charge in [-0.15, -0.1) is 11.3 Å². The normalized spacial score (nSPS) is 13.0. The molecule has 1 aliphatic heterocycles. The van der Waals surface area contributed by atoms with Crippen LogP contribution in [0.1, 0.15) is 16.2 Å². The highest BCUT2D eigenvalue weighted by Gasteiger charge is 2.18. The predicted molar refractivity (Wildman–Crippen MR) is 107 cm³/mol. The van der Waals surface area contributed by atoms with E-state index < -0.39 is 11.5 Å². The molecule has 1 aromatic carbocycles. The van der Waals surface area contributed by atoms with Crippen LogP contribution in [0.4, 0.5) is 5.69 Å². The fourth-order valence-electron chi connectivity index (χ4n) is 2.56. The van der Waals surface area contributed by atoms with Gasteiger partial charge in [-0.3, -0.25) is 14.4 Å². The van der Waals surface area contributed by atoms with Crippen molar-refractivity contribution in [2.45, 2.75) is 6.54 Å². The lowest BCUT2D eigenvalue weighted by Gasteiger charge is -2.18. The minimum absolute atomic E-state index is 0.0143. The smallest absolute Gasteiger partial charge is 0.287 e. The molecule has 8 nitrogen and oxygen atoms in total. The van der Waals surface area contributed by atoms with Crippen LogP contribution < -0.4 is 20.9 Å². The first-order chi connectivity index (χ1) is 12.9. The number of halogens is 2. The van der Waals surface area contributed by atoms with Gasteiger partial charge in [0.05, 0.1) is 19.3 Å². The van der Waals surface area contributed by atoms with E-state index in [9.17, 15) is 14.4 Å². The molecule has 2 amide bonds. The molecule has 1 aliphatic rings. The third-order valence-electron chi connectivity index (χ3n) is 3.81. The van der Waals surface area contributed by atoms with Gasteiger partial charge >= 0.3 is 0 Å². The zero-order chi connectivity index (χ0) is 19.1. The van der Waals surface area contributed by atoms with Gasteiger partial charge in [0, 0.05) is 6.54 Å². The van der Waals surface area contributed by atoms with E-state index in [1.165, 1.54) is 11.3 Å². The summed E-state index contributed by atoms with van der Waals surface area (Å²) in [5, 5.41) is 5.81. The number of thiophene rings is 1. The molecule has 0 saturated heterocycles. The van der Waals surface area contributed by atoms with Gasteiger partial charge in [0.2, 0.25) is 5.82 Å². The number of carbonyl (C=O) groups is 2. The van der Waals surface area contributed by atoms with Crippen molar-refractivity contribution >= 4 is 70.9 Å². The molecule has 11 heteroatoms. The number of carbonyl (C=O) groups excluding carboxylic acids is 2. The van der Waals surface area contributed by atoms with Crippen molar-refractivity contribution in [3.63, 3.8) is 0 Å². The average Bonchev–Trinajstić information content (AvgIpc) is 2.93. The summed E-state index contributed by atoms with van der Waals surface area (Å²) >= 11 is 7.92. The zero-order valence-corrected chi connectivity index (χ0v) is 17.4. The maximum Gasteiger partial charge on any atom is 0.287 e. The fourth-order valence-corrected chi connectivity index (χ4v) is 4.76. The zero-order valence-electron chi connectivity index (χ0n) is 13.4. The average molecular weight is 514 g/mol. The summed E-state index contributed by atoms with van der Waals surface area (Å²) in [5.74, 6) is -0.224. The van der Waals surface area contributed by atoms with Gasteiger partial charge < -0.3 is 20.4 Å². The molecule has 4 rings (SSSR count). The lowest BCUT2D eigenvalue weighted by atomic mass is 10.1. The van der Waals surface area contributed by atoms with E-state index >= 15 is 0 Å². The molecule has 0 unspecified atom stereocenters. The highest BCUT2D eigenvalue weighted by atomic mass is 79.9. The minimum atomic E-state index is -0.507. The van der Waals surface area contributed by atoms with Crippen molar-refractivity contribution in [1.29, 1.82) is 0 Å². The number of anilines is 1. The number of fused-ring (bicyclic) bond motifs is 2. The van der Waals surface area contributed by atoms with Crippen LogP contribution in [0.2, 0.25) is 0 Å². The molecular weight excluding hydrogens is 504 g/mol. The van der Waals surface area contributed by atoms with Crippen LogP contribution in [0.3, 0.4) is 0 Å². The Kier molecular flexibility index (Phi) is 4.74. The van der Waals surface area contributed by atoms with Crippen LogP contribution in [0.5, 0.6) is 5.75 Å². The second kappa shape index (κ2) is 7.06. The van der Waals surface area contributed by atoms with Gasteiger partial charge in [0.25, 0.3) is 17.4 Å². The van der Waals surface area contributed by atoms with Crippen molar-refractivity contribution in [3.05, 3.63) is 48.2 Å². The summed E-state index contributed by atoms with van der Waals surface area (Å²) in [6.45, 7) is 0.182. The molecule has 0 spiro atoms. The second-order valence-corrected chi connectivity index (χ2v) is 8.74. The maximum atomic E-state index is 12.4. The first kappa shape index (κ1) is 18.1. The van der Waals surface area contributed by atoms with Gasteiger partial charge in [-0.05, 0) is 49.6 Å². The summed E-state index contributed by atoms with van der Waals surface area (Å²) in [4.78, 5) is 43.2. The molecule has 3 N–H and O–H groups in total. The molecule has 3 heterocycles. The van der Waals surface area contributed by atoms with Crippen molar-refractivity contribution < 1.29 is 14.3 Å². The molecule has 3 aromatic rings. The van der Waals surface area contributed by atoms with Gasteiger partial charge in [-0.1, -0.05) is 6.07 Å². The second-order valence-electron chi connectivity index (χ2n) is 5.63. The summed E-state index contributed by atoms with van der Waals surface area (Å²) in [6.07, 6.45) is 0. The van der Waals surface area contributed by atoms with E-state index in [-0.39, 0.29) is 24.9 Å². The number of H-pyrrole nitrogens is 1. The van der Waals surface area contributed by atoms with Crippen molar-refractivity contribution in [2.24, 2.45) is 0 Å². The summed E-state index contributed by atoms with van der Waals surface area (Å²) in [5.41, 5.74) is 0.921. The molecular formula is C16H10Br2N4O4S. The highest BCUT2D eigenvalue weighted by molar-refractivity contribution is 9.13. The number of hydrogen-bond donors (Lipinski definition) is 3. The Labute approximate surface area is 172 Å². The van der Waals surface area contributed by atoms with E-state index in [1.807, 2.05) is 0 Å². The Hall–Kier alpha value is -2.24. The predicted octanol–water partition coefficient (Wildman–Crippen LogP) is 2.77. The number of hydrogen-bond acceptors (Lipinski definition) is 6. The molecule has 0 aliphatic carbocycles. The van der Waals surface area contributed by atoms with E-state index in [0.29, 0.717) is 26.1 Å². The number of aromatic nitrogens is 2. The fraction of sp³-hybridized carbons (Fsp3) is 0.125. The van der Waals surface area contributed by atoms with E-state index in [4.69, 9.17) is 4.74 Å². The van der Waals surface area contributed by atoms with Crippen LogP contribution in [0.25, 0.3) is 10.2 Å². The van der Waals surface area contributed by atoms with E-state index in [0.717, 1.165) is 9.35 Å². The first-order valence-corrected chi connectivity index (χ1v) is 10.0. The van der Waals surface area contributed by atoms with E-state index in [2.05, 4.69) is 52.5 Å². The third-order valence-corrected chi connectivity index (χ3v) is 7.15. The Morgan fingerprint density at radius 3 is 2.96 bits per heavy atom. The number of nitrogens with zero attached hydrogens (tertiary/aromatic N) is 1. The number of ether oxygens (including phenoxy) is 1. The Morgan fingerprint density at radius 1 is 1.33 bits per heavy atom. The quantitative estimate of drug-likeness (QED) is 0.498. The van der Waals surface area contributed by atoms with Crippen LogP contribution in [-0.4, -0.2) is 28.4 Å². The van der Waals surface area contributed by atoms with Crippen LogP contribution >= 0.6 is 43.2 Å². The number of amides is 2. The Balaban J connectivity index is 1.53. The third kappa shape index (κ3) is 3.49. The number of nitrogens with one attached hydrogen (secondary N) is 3. The van der Waals surface area contributed by atoms with Gasteiger partial charge in [0.15, 0.2) is 6.61 Å². The van der Waals surface area contributed by atoms with Crippen LogP contribution in [0.15, 0.2) is 31.3 Å². The Bertz CT molecular complexity index is 1160. The molecule has 2 aromatic heterocycles. The summed E-state index contributed by atoms with van der Waals surface area (Å²) < 4.78 is 6.64. The summed E-state index contributed by atoms with van der Waals surface area (Å²) in [7, 11) is 0. The van der Waals surface area contributed by atoms with Gasteiger partial charge in [-0.25, -0.2) is 4.98 Å². The number of rotatable bonds is 3. The monoisotopic (exact) mass is 512 g/mol. The van der Waals surface area contributed by atoms with Gasteiger partial charge in [-0.2, -0.15) is 0 Å². The number of benzene rings is 1. The first-order valence-electron chi connectivity index (χ1n) is 7.64. The lowest BCUT2D eigenvalue weighted by molar-refractivity contribution is -0.118. The van der Waals surface area contributed by atoms with Crippen molar-refractivity contribution in [1.82, 2.24) is 15.3 Å². The molecule has 0 atom stereocenters. The van der Waals surface area contributed by atoms with Crippen LogP contribution in [0, 0.1) is 0 Å². The topological polar surface area (TPSA) is 113 Å². The van der Waals surface area contributed by atoms with Crippen molar-refractivity contribution in [2.75, 3.05) is 11.9 Å². The molecule has 0 saturated carbocycles. The molecule has 138 valence electrons. The van der Waals surface area contributed by atoms with Crippen molar-refractivity contribution in [3.8, 4) is 5.75 Å². The minimum Gasteiger partial charge on any atom is -0.482 e.